The van der Waals surface area contributed by atoms with Crippen LogP contribution in [0.4, 0.5) is 0 Å². The lowest BCUT2D eigenvalue weighted by atomic mass is 10.0. The number of hydrogen-bond acceptors (Lipinski definition) is 1. The first kappa shape index (κ1) is 13.1. The zero-order chi connectivity index (χ0) is 16.5. The predicted molar refractivity (Wildman–Crippen MR) is 104 cm³/mol. The van der Waals surface area contributed by atoms with Gasteiger partial charge in [0, 0.05) is 16.0 Å². The van der Waals surface area contributed by atoms with Crippen LogP contribution >= 0.6 is 0 Å². The van der Waals surface area contributed by atoms with Gasteiger partial charge in [0.05, 0.1) is 0 Å². The fourth-order valence-electron chi connectivity index (χ4n) is 4.62. The molecule has 25 heavy (non-hydrogen) atoms. The quantitative estimate of drug-likeness (QED) is 0.413. The first-order chi connectivity index (χ1) is 12.3. The highest BCUT2D eigenvalue weighted by Crippen LogP contribution is 2.36. The molecule has 0 heterocycles. The van der Waals surface area contributed by atoms with Crippen molar-refractivity contribution in [3.8, 4) is 0 Å². The molecule has 0 spiro atoms. The van der Waals surface area contributed by atoms with E-state index in [2.05, 4.69) is 60.7 Å². The first-order valence-electron chi connectivity index (χ1n) is 8.64. The Morgan fingerprint density at radius 3 is 2.08 bits per heavy atom. The third-order valence-electron chi connectivity index (χ3n) is 5.63. The second-order valence-corrected chi connectivity index (χ2v) is 6.89. The van der Waals surface area contributed by atoms with Gasteiger partial charge in [-0.3, -0.25) is 4.79 Å². The lowest BCUT2D eigenvalue weighted by Gasteiger charge is -2.01. The van der Waals surface area contributed by atoms with Crippen molar-refractivity contribution < 1.29 is 0 Å². The molecule has 1 aliphatic carbocycles. The van der Waals surface area contributed by atoms with Crippen LogP contribution in [-0.4, -0.2) is 0 Å². The van der Waals surface area contributed by atoms with E-state index < -0.39 is 0 Å². The lowest BCUT2D eigenvalue weighted by Crippen LogP contribution is -2.23. The van der Waals surface area contributed by atoms with Gasteiger partial charge in [-0.25, -0.2) is 0 Å². The monoisotopic (exact) mass is 318 g/mol. The van der Waals surface area contributed by atoms with Crippen molar-refractivity contribution in [1.82, 2.24) is 0 Å². The summed E-state index contributed by atoms with van der Waals surface area (Å²) in [5.74, 6) is 0. The molecule has 0 aliphatic heterocycles. The van der Waals surface area contributed by atoms with Crippen LogP contribution in [0.15, 0.2) is 77.6 Å². The second kappa shape index (κ2) is 4.46. The summed E-state index contributed by atoms with van der Waals surface area (Å²) in [6.07, 6.45) is 0.835. The smallest absolute Gasteiger partial charge is 0.194 e. The van der Waals surface area contributed by atoms with Crippen LogP contribution < -0.4 is 10.6 Å². The van der Waals surface area contributed by atoms with Crippen LogP contribution in [0.2, 0.25) is 0 Å². The highest BCUT2D eigenvalue weighted by atomic mass is 16.1. The summed E-state index contributed by atoms with van der Waals surface area (Å²) < 4.78 is 0. The number of rotatable bonds is 0. The number of benzene rings is 4. The minimum atomic E-state index is 0.173. The molecular weight excluding hydrogens is 304 g/mol. The Morgan fingerprint density at radius 1 is 0.640 bits per heavy atom. The summed E-state index contributed by atoms with van der Waals surface area (Å²) in [6, 6.07) is 25.2. The van der Waals surface area contributed by atoms with Gasteiger partial charge in [-0.15, -0.1) is 0 Å². The zero-order valence-electron chi connectivity index (χ0n) is 13.5. The van der Waals surface area contributed by atoms with Crippen LogP contribution in [0.5, 0.6) is 0 Å². The summed E-state index contributed by atoms with van der Waals surface area (Å²) in [7, 11) is 0. The topological polar surface area (TPSA) is 17.1 Å². The number of hydrogen-bond donors (Lipinski definition) is 0. The van der Waals surface area contributed by atoms with Gasteiger partial charge in [0.1, 0.15) is 0 Å². The van der Waals surface area contributed by atoms with E-state index in [9.17, 15) is 4.79 Å². The van der Waals surface area contributed by atoms with E-state index in [4.69, 9.17) is 0 Å². The minimum absolute atomic E-state index is 0.173. The summed E-state index contributed by atoms with van der Waals surface area (Å²) >= 11 is 0. The van der Waals surface area contributed by atoms with E-state index >= 15 is 0 Å². The summed E-state index contributed by atoms with van der Waals surface area (Å²) in [6.45, 7) is 0. The maximum Gasteiger partial charge on any atom is 0.194 e. The molecule has 1 heteroatoms. The molecule has 0 saturated heterocycles. The molecule has 0 fully saturated rings. The Hall–Kier alpha value is -3.19. The SMILES string of the molecule is O=c1/c(=C2/Cc3cccc4cccc2c34)c2cccc3cccc1c32. The molecule has 1 aliphatic rings. The van der Waals surface area contributed by atoms with Gasteiger partial charge in [-0.1, -0.05) is 72.8 Å². The highest BCUT2D eigenvalue weighted by molar-refractivity contribution is 6.13. The molecule has 0 N–H and O–H groups in total. The second-order valence-electron chi connectivity index (χ2n) is 6.89. The van der Waals surface area contributed by atoms with Crippen LogP contribution in [0.3, 0.4) is 0 Å². The van der Waals surface area contributed by atoms with Gasteiger partial charge in [-0.2, -0.15) is 0 Å². The van der Waals surface area contributed by atoms with Crippen LogP contribution in [0, 0.1) is 0 Å². The van der Waals surface area contributed by atoms with Gasteiger partial charge in [-0.05, 0) is 44.7 Å². The van der Waals surface area contributed by atoms with E-state index in [-0.39, 0.29) is 5.43 Å². The summed E-state index contributed by atoms with van der Waals surface area (Å²) in [5, 5.41) is 7.66. The fraction of sp³-hybridized carbons (Fsp3) is 0.0417. The van der Waals surface area contributed by atoms with E-state index in [1.165, 1.54) is 27.5 Å². The molecule has 0 amide bonds. The van der Waals surface area contributed by atoms with Crippen molar-refractivity contribution in [3.05, 3.63) is 99.4 Å². The van der Waals surface area contributed by atoms with E-state index in [0.29, 0.717) is 0 Å². The average Bonchev–Trinajstić information content (AvgIpc) is 3.15. The Balaban J connectivity index is 1.90. The van der Waals surface area contributed by atoms with Gasteiger partial charge in [0.2, 0.25) is 0 Å². The molecule has 0 atom stereocenters. The molecule has 5 aromatic rings. The third kappa shape index (κ3) is 1.56. The molecule has 0 unspecified atom stereocenters. The molecule has 116 valence electrons. The van der Waals surface area contributed by atoms with Crippen molar-refractivity contribution in [2.75, 3.05) is 0 Å². The molecule has 0 aromatic heterocycles. The Bertz CT molecular complexity index is 1420. The molecule has 0 bridgehead atoms. The molecular formula is C24H14O. The van der Waals surface area contributed by atoms with Crippen LogP contribution in [0.25, 0.3) is 37.9 Å². The summed E-state index contributed by atoms with van der Waals surface area (Å²) in [4.78, 5) is 13.3. The van der Waals surface area contributed by atoms with Gasteiger partial charge in [0.25, 0.3) is 0 Å². The zero-order valence-corrected chi connectivity index (χ0v) is 13.5. The first-order valence-corrected chi connectivity index (χ1v) is 8.64. The van der Waals surface area contributed by atoms with Gasteiger partial charge < -0.3 is 0 Å². The van der Waals surface area contributed by atoms with Gasteiger partial charge >= 0.3 is 0 Å². The Kier molecular flexibility index (Phi) is 2.34. The van der Waals surface area contributed by atoms with Crippen molar-refractivity contribution in [3.63, 3.8) is 0 Å². The van der Waals surface area contributed by atoms with Crippen molar-refractivity contribution in [2.45, 2.75) is 6.42 Å². The maximum atomic E-state index is 13.3. The van der Waals surface area contributed by atoms with Gasteiger partial charge in [0.15, 0.2) is 5.43 Å². The molecule has 1 nitrogen and oxygen atoms in total. The molecule has 6 rings (SSSR count). The predicted octanol–water partition coefficient (Wildman–Crippen LogP) is 4.42. The van der Waals surface area contributed by atoms with Crippen molar-refractivity contribution >= 4 is 37.9 Å². The fourth-order valence-corrected chi connectivity index (χ4v) is 4.62. The average molecular weight is 318 g/mol. The third-order valence-corrected chi connectivity index (χ3v) is 5.63. The Labute approximate surface area is 144 Å². The van der Waals surface area contributed by atoms with E-state index in [0.717, 1.165) is 33.2 Å². The minimum Gasteiger partial charge on any atom is -0.289 e. The molecule has 0 radical (unpaired) electrons. The molecule has 0 saturated carbocycles. The van der Waals surface area contributed by atoms with Crippen molar-refractivity contribution in [2.24, 2.45) is 0 Å². The maximum absolute atomic E-state index is 13.3. The van der Waals surface area contributed by atoms with E-state index in [1.807, 2.05) is 12.1 Å². The van der Waals surface area contributed by atoms with Crippen molar-refractivity contribution in [1.29, 1.82) is 0 Å². The largest absolute Gasteiger partial charge is 0.289 e. The normalized spacial score (nSPS) is 15.7. The Morgan fingerprint density at radius 2 is 1.28 bits per heavy atom. The molecule has 5 aromatic carbocycles. The van der Waals surface area contributed by atoms with Crippen LogP contribution in [0.1, 0.15) is 11.1 Å². The lowest BCUT2D eigenvalue weighted by molar-refractivity contribution is 1.35. The van der Waals surface area contributed by atoms with E-state index in [1.54, 1.807) is 0 Å². The van der Waals surface area contributed by atoms with Crippen LogP contribution in [-0.2, 0) is 6.42 Å². The standard InChI is InChI=1S/C24H14O/c25-24-19-12-4-8-15-7-3-11-18(22(15)19)23(24)20-13-16-9-1-5-14-6-2-10-17(20)21(14)16/h1-12H,13H2/b23-20-. The summed E-state index contributed by atoms with van der Waals surface area (Å²) in [5.41, 5.74) is 3.90. The highest BCUT2D eigenvalue weighted by Gasteiger charge is 2.22.